The Kier molecular flexibility index (Phi) is 4.23. The van der Waals surface area contributed by atoms with Gasteiger partial charge in [0.2, 0.25) is 0 Å². The third-order valence-electron chi connectivity index (χ3n) is 3.62. The molecule has 0 amide bonds. The summed E-state index contributed by atoms with van der Waals surface area (Å²) < 4.78 is 1.59. The largest absolute Gasteiger partial charge is 0.363 e. The number of H-pyrrole nitrogens is 1. The van der Waals surface area contributed by atoms with Gasteiger partial charge in [0.25, 0.3) is 0 Å². The van der Waals surface area contributed by atoms with Crippen molar-refractivity contribution in [1.82, 2.24) is 19.5 Å². The molecule has 0 spiro atoms. The number of para-hydroxylation sites is 1. The summed E-state index contributed by atoms with van der Waals surface area (Å²) in [5, 5.41) is 3.14. The van der Waals surface area contributed by atoms with Gasteiger partial charge >= 0.3 is 5.69 Å². The Balaban J connectivity index is 1.81. The smallest absolute Gasteiger partial charge is 0.354 e. The third kappa shape index (κ3) is 3.31. The molecule has 0 aliphatic heterocycles. The highest BCUT2D eigenvalue weighted by Crippen LogP contribution is 2.11. The van der Waals surface area contributed by atoms with E-state index in [-0.39, 0.29) is 5.69 Å². The molecule has 1 aromatic carbocycles. The number of benzene rings is 1. The number of hydrogen-bond donors (Lipinski definition) is 2. The molecule has 2 heterocycles. The van der Waals surface area contributed by atoms with Crippen LogP contribution in [0.4, 0.5) is 5.82 Å². The second-order valence-electron chi connectivity index (χ2n) is 5.30. The first kappa shape index (κ1) is 15.0. The number of aromatic nitrogens is 4. The topological polar surface area (TPSA) is 75.6 Å². The van der Waals surface area contributed by atoms with Gasteiger partial charge in [-0.25, -0.2) is 9.78 Å². The van der Waals surface area contributed by atoms with Crippen LogP contribution in [0, 0.1) is 6.92 Å². The second kappa shape index (κ2) is 6.48. The summed E-state index contributed by atoms with van der Waals surface area (Å²) in [6.45, 7) is 4.46. The number of aromatic amines is 1. The number of imidazole rings is 1. The molecule has 118 valence electrons. The van der Waals surface area contributed by atoms with Gasteiger partial charge in [0.1, 0.15) is 11.6 Å². The zero-order valence-electron chi connectivity index (χ0n) is 13.2. The SMILES string of the molecule is CCc1cnc(CNc2cc(C)n(-c3ccccc3)c(=O)n2)[nH]1. The van der Waals surface area contributed by atoms with Gasteiger partial charge in [-0.3, -0.25) is 4.57 Å². The molecule has 23 heavy (non-hydrogen) atoms. The molecule has 0 aliphatic carbocycles. The first-order valence-electron chi connectivity index (χ1n) is 7.60. The summed E-state index contributed by atoms with van der Waals surface area (Å²) >= 11 is 0. The molecule has 0 radical (unpaired) electrons. The maximum Gasteiger partial charge on any atom is 0.354 e. The number of aryl methyl sites for hydroxylation is 2. The molecule has 3 aromatic rings. The summed E-state index contributed by atoms with van der Waals surface area (Å²) in [6.07, 6.45) is 2.74. The molecule has 3 rings (SSSR count). The van der Waals surface area contributed by atoms with Crippen molar-refractivity contribution < 1.29 is 0 Å². The summed E-state index contributed by atoms with van der Waals surface area (Å²) in [4.78, 5) is 23.9. The van der Waals surface area contributed by atoms with Crippen LogP contribution in [0.5, 0.6) is 0 Å². The second-order valence-corrected chi connectivity index (χ2v) is 5.30. The fourth-order valence-corrected chi connectivity index (χ4v) is 2.43. The van der Waals surface area contributed by atoms with Crippen molar-refractivity contribution in [3.8, 4) is 5.69 Å². The van der Waals surface area contributed by atoms with Crippen molar-refractivity contribution in [3.05, 3.63) is 70.3 Å². The summed E-state index contributed by atoms with van der Waals surface area (Å²) in [5.41, 5.74) is 2.43. The van der Waals surface area contributed by atoms with Gasteiger partial charge in [0, 0.05) is 23.7 Å². The molecule has 0 unspecified atom stereocenters. The van der Waals surface area contributed by atoms with Gasteiger partial charge in [-0.1, -0.05) is 25.1 Å². The van der Waals surface area contributed by atoms with Gasteiger partial charge in [-0.05, 0) is 25.5 Å². The normalized spacial score (nSPS) is 10.7. The van der Waals surface area contributed by atoms with E-state index in [0.29, 0.717) is 12.4 Å². The van der Waals surface area contributed by atoms with Crippen LogP contribution in [-0.4, -0.2) is 19.5 Å². The molecular formula is C17H19N5O. The quantitative estimate of drug-likeness (QED) is 0.759. The van der Waals surface area contributed by atoms with Crippen LogP contribution >= 0.6 is 0 Å². The van der Waals surface area contributed by atoms with Gasteiger partial charge in [0.05, 0.1) is 12.2 Å². The number of nitrogens with zero attached hydrogens (tertiary/aromatic N) is 3. The Labute approximate surface area is 134 Å². The maximum absolute atomic E-state index is 12.3. The molecular weight excluding hydrogens is 290 g/mol. The van der Waals surface area contributed by atoms with E-state index in [1.54, 1.807) is 4.57 Å². The Morgan fingerprint density at radius 2 is 2.04 bits per heavy atom. The van der Waals surface area contributed by atoms with Crippen molar-refractivity contribution in [2.75, 3.05) is 5.32 Å². The van der Waals surface area contributed by atoms with Gasteiger partial charge < -0.3 is 10.3 Å². The van der Waals surface area contributed by atoms with Crippen LogP contribution in [0.25, 0.3) is 5.69 Å². The summed E-state index contributed by atoms with van der Waals surface area (Å²) in [5.74, 6) is 1.38. The summed E-state index contributed by atoms with van der Waals surface area (Å²) in [7, 11) is 0. The van der Waals surface area contributed by atoms with E-state index >= 15 is 0 Å². The molecule has 2 aromatic heterocycles. The van der Waals surface area contributed by atoms with Crippen molar-refractivity contribution in [2.45, 2.75) is 26.8 Å². The first-order chi connectivity index (χ1) is 11.2. The van der Waals surface area contributed by atoms with E-state index in [0.717, 1.165) is 29.3 Å². The zero-order chi connectivity index (χ0) is 16.2. The zero-order valence-corrected chi connectivity index (χ0v) is 13.2. The molecule has 6 heteroatoms. The average molecular weight is 309 g/mol. The molecule has 0 saturated heterocycles. The fraction of sp³-hybridized carbons (Fsp3) is 0.235. The minimum atomic E-state index is -0.299. The highest BCUT2D eigenvalue weighted by atomic mass is 16.1. The molecule has 0 bridgehead atoms. The lowest BCUT2D eigenvalue weighted by Crippen LogP contribution is -2.24. The molecule has 6 nitrogen and oxygen atoms in total. The number of rotatable bonds is 5. The predicted molar refractivity (Wildman–Crippen MR) is 89.9 cm³/mol. The maximum atomic E-state index is 12.3. The number of anilines is 1. The first-order valence-corrected chi connectivity index (χ1v) is 7.60. The predicted octanol–water partition coefficient (Wildman–Crippen LogP) is 2.44. The minimum absolute atomic E-state index is 0.299. The van der Waals surface area contributed by atoms with Gasteiger partial charge in [0.15, 0.2) is 0 Å². The summed E-state index contributed by atoms with van der Waals surface area (Å²) in [6, 6.07) is 11.3. The van der Waals surface area contributed by atoms with Crippen LogP contribution in [-0.2, 0) is 13.0 Å². The minimum Gasteiger partial charge on any atom is -0.363 e. The lowest BCUT2D eigenvalue weighted by Gasteiger charge is -2.11. The van der Waals surface area contributed by atoms with Crippen molar-refractivity contribution in [2.24, 2.45) is 0 Å². The van der Waals surface area contributed by atoms with Gasteiger partial charge in [-0.2, -0.15) is 4.98 Å². The Bertz CT molecular complexity index is 851. The molecule has 0 atom stereocenters. The van der Waals surface area contributed by atoms with E-state index < -0.39 is 0 Å². The van der Waals surface area contributed by atoms with E-state index in [4.69, 9.17) is 0 Å². The van der Waals surface area contributed by atoms with Gasteiger partial charge in [-0.15, -0.1) is 0 Å². The van der Waals surface area contributed by atoms with Crippen molar-refractivity contribution >= 4 is 5.82 Å². The Morgan fingerprint density at radius 3 is 2.70 bits per heavy atom. The average Bonchev–Trinajstić information content (AvgIpc) is 3.01. The van der Waals surface area contributed by atoms with Crippen LogP contribution < -0.4 is 11.0 Å². The van der Waals surface area contributed by atoms with E-state index in [1.807, 2.05) is 49.5 Å². The number of hydrogen-bond acceptors (Lipinski definition) is 4. The van der Waals surface area contributed by atoms with Crippen LogP contribution in [0.15, 0.2) is 47.4 Å². The highest BCUT2D eigenvalue weighted by Gasteiger charge is 2.07. The van der Waals surface area contributed by atoms with Crippen molar-refractivity contribution in [3.63, 3.8) is 0 Å². The lowest BCUT2D eigenvalue weighted by molar-refractivity contribution is 0.865. The van der Waals surface area contributed by atoms with E-state index in [1.165, 1.54) is 0 Å². The fourth-order valence-electron chi connectivity index (χ4n) is 2.43. The van der Waals surface area contributed by atoms with Crippen LogP contribution in [0.2, 0.25) is 0 Å². The van der Waals surface area contributed by atoms with E-state index in [9.17, 15) is 4.79 Å². The van der Waals surface area contributed by atoms with Crippen molar-refractivity contribution in [1.29, 1.82) is 0 Å². The standard InChI is InChI=1S/C17H19N5O/c1-3-13-10-18-16(20-13)11-19-15-9-12(2)22(17(23)21-15)14-7-5-4-6-8-14/h4-10H,3,11H2,1-2H3,(H,18,20)(H,19,21,23). The van der Waals surface area contributed by atoms with Crippen LogP contribution in [0.3, 0.4) is 0 Å². The molecule has 0 fully saturated rings. The Hall–Kier alpha value is -2.89. The molecule has 0 aliphatic rings. The molecule has 2 N–H and O–H groups in total. The van der Waals surface area contributed by atoms with E-state index in [2.05, 4.69) is 27.2 Å². The number of nitrogens with one attached hydrogen (secondary N) is 2. The monoisotopic (exact) mass is 309 g/mol. The lowest BCUT2D eigenvalue weighted by atomic mass is 10.3. The highest BCUT2D eigenvalue weighted by molar-refractivity contribution is 5.40. The third-order valence-corrected chi connectivity index (χ3v) is 3.62. The Morgan fingerprint density at radius 1 is 1.26 bits per heavy atom. The molecule has 0 saturated carbocycles. The van der Waals surface area contributed by atoms with Crippen LogP contribution in [0.1, 0.15) is 24.1 Å².